The van der Waals surface area contributed by atoms with Crippen LogP contribution in [0.15, 0.2) is 48.5 Å². The molecule has 0 aromatic heterocycles. The van der Waals surface area contributed by atoms with Crippen molar-refractivity contribution in [3.05, 3.63) is 65.2 Å². The van der Waals surface area contributed by atoms with Gasteiger partial charge in [0.2, 0.25) is 0 Å². The molecule has 0 unspecified atom stereocenters. The molecule has 1 atom stereocenters. The highest BCUT2D eigenvalue weighted by Gasteiger charge is 2.36. The monoisotopic (exact) mass is 337 g/mol. The average Bonchev–Trinajstić information content (AvgIpc) is 2.87. The molecule has 0 radical (unpaired) electrons. The summed E-state index contributed by atoms with van der Waals surface area (Å²) in [5.41, 5.74) is 1.80. The lowest BCUT2D eigenvalue weighted by molar-refractivity contribution is -0.134. The minimum absolute atomic E-state index is 0.318. The topological polar surface area (TPSA) is 63.7 Å². The van der Waals surface area contributed by atoms with Crippen LogP contribution in [-0.2, 0) is 4.79 Å². The van der Waals surface area contributed by atoms with Crippen LogP contribution in [0.4, 0.5) is 0 Å². The number of ether oxygens (including phenoxy) is 1. The number of esters is 1. The number of benzene rings is 2. The molecule has 3 rings (SSSR count). The van der Waals surface area contributed by atoms with Crippen molar-refractivity contribution in [2.75, 3.05) is 6.54 Å². The first-order valence-electron chi connectivity index (χ1n) is 8.27. The fraction of sp³-hybridized carbons (Fsp3) is 0.250. The molecule has 5 nitrogen and oxygen atoms in total. The predicted molar refractivity (Wildman–Crippen MR) is 92.6 cm³/mol. The van der Waals surface area contributed by atoms with Crippen molar-refractivity contribution in [2.45, 2.75) is 26.2 Å². The second kappa shape index (κ2) is 6.89. The highest BCUT2D eigenvalue weighted by Crippen LogP contribution is 2.23. The third-order valence-electron chi connectivity index (χ3n) is 4.46. The quantitative estimate of drug-likeness (QED) is 0.476. The molecule has 1 aliphatic heterocycles. The van der Waals surface area contributed by atoms with Gasteiger partial charge in [-0.3, -0.25) is 14.5 Å². The van der Waals surface area contributed by atoms with Gasteiger partial charge < -0.3 is 4.74 Å². The fourth-order valence-electron chi connectivity index (χ4n) is 2.78. The van der Waals surface area contributed by atoms with Gasteiger partial charge in [0, 0.05) is 0 Å². The minimum atomic E-state index is -0.647. The SMILES string of the molecule is CC[C@H](C)c1ccc(OC(=O)CN2C(=O)c3ccccc3C2=O)cc1. The van der Waals surface area contributed by atoms with Crippen LogP contribution in [0, 0.1) is 0 Å². The summed E-state index contributed by atoms with van der Waals surface area (Å²) < 4.78 is 5.26. The van der Waals surface area contributed by atoms with Crippen LogP contribution in [0.5, 0.6) is 5.75 Å². The summed E-state index contributed by atoms with van der Waals surface area (Å²) in [6.07, 6.45) is 1.03. The van der Waals surface area contributed by atoms with E-state index in [0.29, 0.717) is 22.8 Å². The average molecular weight is 337 g/mol. The third kappa shape index (κ3) is 3.31. The summed E-state index contributed by atoms with van der Waals surface area (Å²) in [6, 6.07) is 13.8. The number of carbonyl (C=O) groups excluding carboxylic acids is 3. The molecule has 2 amide bonds. The first kappa shape index (κ1) is 16.9. The summed E-state index contributed by atoms with van der Waals surface area (Å²) in [6.45, 7) is 3.84. The molecule has 0 spiro atoms. The Morgan fingerprint density at radius 1 is 1.00 bits per heavy atom. The Labute approximate surface area is 146 Å². The van der Waals surface area contributed by atoms with Crippen LogP contribution in [0.2, 0.25) is 0 Å². The van der Waals surface area contributed by atoms with Crippen LogP contribution < -0.4 is 4.74 Å². The van der Waals surface area contributed by atoms with Crippen molar-refractivity contribution in [1.29, 1.82) is 0 Å². The van der Waals surface area contributed by atoms with Gasteiger partial charge in [-0.2, -0.15) is 0 Å². The van der Waals surface area contributed by atoms with Gasteiger partial charge in [-0.05, 0) is 42.2 Å². The van der Waals surface area contributed by atoms with Crippen molar-refractivity contribution >= 4 is 17.8 Å². The fourth-order valence-corrected chi connectivity index (χ4v) is 2.78. The number of hydrogen-bond acceptors (Lipinski definition) is 4. The zero-order valence-corrected chi connectivity index (χ0v) is 14.2. The third-order valence-corrected chi connectivity index (χ3v) is 4.46. The molecule has 0 saturated carbocycles. The zero-order chi connectivity index (χ0) is 18.0. The molecular formula is C20H19NO4. The Morgan fingerprint density at radius 2 is 1.56 bits per heavy atom. The number of nitrogens with zero attached hydrogens (tertiary/aromatic N) is 1. The number of imide groups is 1. The molecule has 5 heteroatoms. The van der Waals surface area contributed by atoms with Crippen LogP contribution >= 0.6 is 0 Å². The summed E-state index contributed by atoms with van der Waals surface area (Å²) in [5, 5.41) is 0. The van der Waals surface area contributed by atoms with E-state index in [1.807, 2.05) is 12.1 Å². The van der Waals surface area contributed by atoms with Crippen LogP contribution in [-0.4, -0.2) is 29.2 Å². The normalized spacial score (nSPS) is 14.4. The highest BCUT2D eigenvalue weighted by atomic mass is 16.5. The summed E-state index contributed by atoms with van der Waals surface area (Å²) in [4.78, 5) is 37.5. The van der Waals surface area contributed by atoms with E-state index in [4.69, 9.17) is 4.74 Å². The van der Waals surface area contributed by atoms with E-state index in [2.05, 4.69) is 13.8 Å². The molecule has 0 fully saturated rings. The number of hydrogen-bond donors (Lipinski definition) is 0. The molecule has 0 N–H and O–H groups in total. The van der Waals surface area contributed by atoms with Gasteiger partial charge in [-0.1, -0.05) is 38.1 Å². The van der Waals surface area contributed by atoms with Gasteiger partial charge in [-0.25, -0.2) is 4.79 Å². The van der Waals surface area contributed by atoms with E-state index in [0.717, 1.165) is 11.3 Å². The lowest BCUT2D eigenvalue weighted by atomic mass is 9.99. The van der Waals surface area contributed by atoms with Crippen molar-refractivity contribution < 1.29 is 19.1 Å². The van der Waals surface area contributed by atoms with E-state index < -0.39 is 24.3 Å². The largest absolute Gasteiger partial charge is 0.425 e. The smallest absolute Gasteiger partial charge is 0.331 e. The minimum Gasteiger partial charge on any atom is -0.425 e. The molecule has 0 aliphatic carbocycles. The Balaban J connectivity index is 1.66. The second-order valence-corrected chi connectivity index (χ2v) is 6.09. The van der Waals surface area contributed by atoms with Gasteiger partial charge in [0.25, 0.3) is 11.8 Å². The molecule has 1 heterocycles. The Kier molecular flexibility index (Phi) is 4.65. The lowest BCUT2D eigenvalue weighted by Gasteiger charge is -2.13. The Hall–Kier alpha value is -2.95. The second-order valence-electron chi connectivity index (χ2n) is 6.09. The zero-order valence-electron chi connectivity index (χ0n) is 14.2. The number of carbonyl (C=O) groups is 3. The van der Waals surface area contributed by atoms with Crippen molar-refractivity contribution in [3.8, 4) is 5.75 Å². The first-order valence-corrected chi connectivity index (χ1v) is 8.27. The maximum absolute atomic E-state index is 12.2. The summed E-state index contributed by atoms with van der Waals surface area (Å²) in [5.74, 6) is -0.753. The molecular weight excluding hydrogens is 318 g/mol. The van der Waals surface area contributed by atoms with Gasteiger partial charge in [0.05, 0.1) is 11.1 Å². The van der Waals surface area contributed by atoms with E-state index >= 15 is 0 Å². The number of rotatable bonds is 5. The van der Waals surface area contributed by atoms with Gasteiger partial charge in [0.15, 0.2) is 0 Å². The summed E-state index contributed by atoms with van der Waals surface area (Å²) in [7, 11) is 0. The number of amides is 2. The van der Waals surface area contributed by atoms with E-state index in [9.17, 15) is 14.4 Å². The van der Waals surface area contributed by atoms with Crippen molar-refractivity contribution in [1.82, 2.24) is 4.90 Å². The number of fused-ring (bicyclic) bond motifs is 1. The Morgan fingerprint density at radius 3 is 2.08 bits per heavy atom. The van der Waals surface area contributed by atoms with Crippen LogP contribution in [0.3, 0.4) is 0 Å². The van der Waals surface area contributed by atoms with Gasteiger partial charge in [0.1, 0.15) is 12.3 Å². The molecule has 2 aromatic carbocycles. The highest BCUT2D eigenvalue weighted by molar-refractivity contribution is 6.22. The van der Waals surface area contributed by atoms with E-state index in [1.165, 1.54) is 5.56 Å². The molecule has 25 heavy (non-hydrogen) atoms. The first-order chi connectivity index (χ1) is 12.0. The van der Waals surface area contributed by atoms with E-state index in [-0.39, 0.29) is 0 Å². The molecule has 128 valence electrons. The molecule has 0 bridgehead atoms. The maximum Gasteiger partial charge on any atom is 0.331 e. The van der Waals surface area contributed by atoms with E-state index in [1.54, 1.807) is 36.4 Å². The lowest BCUT2D eigenvalue weighted by Crippen LogP contribution is -2.36. The predicted octanol–water partition coefficient (Wildman–Crippen LogP) is 3.40. The van der Waals surface area contributed by atoms with Gasteiger partial charge in [-0.15, -0.1) is 0 Å². The van der Waals surface area contributed by atoms with Crippen LogP contribution in [0.25, 0.3) is 0 Å². The standard InChI is InChI=1S/C20H19NO4/c1-3-13(2)14-8-10-15(11-9-14)25-18(22)12-21-19(23)16-6-4-5-7-17(16)20(21)24/h4-11,13H,3,12H2,1-2H3/t13-/m0/s1. The molecule has 1 aliphatic rings. The van der Waals surface area contributed by atoms with Crippen LogP contribution in [0.1, 0.15) is 52.5 Å². The maximum atomic E-state index is 12.2. The molecule has 0 saturated heterocycles. The van der Waals surface area contributed by atoms with Gasteiger partial charge >= 0.3 is 5.97 Å². The van der Waals surface area contributed by atoms with Crippen molar-refractivity contribution in [2.24, 2.45) is 0 Å². The van der Waals surface area contributed by atoms with Crippen molar-refractivity contribution in [3.63, 3.8) is 0 Å². The Bertz CT molecular complexity index is 791. The summed E-state index contributed by atoms with van der Waals surface area (Å²) >= 11 is 0. The molecule has 2 aromatic rings.